The second-order valence-corrected chi connectivity index (χ2v) is 10.1. The number of aliphatic hydroxyl groups is 1. The van der Waals surface area contributed by atoms with E-state index in [-0.39, 0.29) is 24.1 Å². The van der Waals surface area contributed by atoms with E-state index in [1.807, 2.05) is 6.07 Å². The van der Waals surface area contributed by atoms with Crippen LogP contribution in [0.3, 0.4) is 0 Å². The number of rotatable bonds is 6. The summed E-state index contributed by atoms with van der Waals surface area (Å²) < 4.78 is 40.0. The van der Waals surface area contributed by atoms with Gasteiger partial charge in [-0.1, -0.05) is 18.2 Å². The number of nitrogens with zero attached hydrogens (tertiary/aromatic N) is 2. The molecule has 2 aromatic carbocycles. The third kappa shape index (κ3) is 5.45. The van der Waals surface area contributed by atoms with E-state index in [9.17, 15) is 23.1 Å². The van der Waals surface area contributed by atoms with Gasteiger partial charge in [0.25, 0.3) is 0 Å². The second-order valence-electron chi connectivity index (χ2n) is 10.1. The van der Waals surface area contributed by atoms with Crippen LogP contribution in [0.2, 0.25) is 0 Å². The average Bonchev–Trinajstić information content (AvgIpc) is 3.36. The van der Waals surface area contributed by atoms with Gasteiger partial charge < -0.3 is 15.0 Å². The number of nitrogens with one attached hydrogen (secondary N) is 1. The monoisotopic (exact) mass is 511 g/mol. The Bertz CT molecular complexity index is 1250. The molecule has 0 aliphatic carbocycles. The Balaban J connectivity index is 1.14. The van der Waals surface area contributed by atoms with Gasteiger partial charge in [0.1, 0.15) is 0 Å². The van der Waals surface area contributed by atoms with Gasteiger partial charge in [0.2, 0.25) is 5.91 Å². The molecule has 37 heavy (non-hydrogen) atoms. The van der Waals surface area contributed by atoms with E-state index in [0.29, 0.717) is 24.9 Å². The molecule has 0 spiro atoms. The lowest BCUT2D eigenvalue weighted by Crippen LogP contribution is -2.50. The molecule has 0 radical (unpaired) electrons. The van der Waals surface area contributed by atoms with Crippen LogP contribution in [0.1, 0.15) is 42.7 Å². The van der Waals surface area contributed by atoms with Crippen molar-refractivity contribution in [1.29, 1.82) is 0 Å². The maximum absolute atomic E-state index is 13.4. The van der Waals surface area contributed by atoms with Gasteiger partial charge >= 0.3 is 0 Å². The number of carbonyl (C=O) groups excluding carboxylic acids is 1. The highest BCUT2D eigenvalue weighted by molar-refractivity contribution is 5.91. The van der Waals surface area contributed by atoms with Crippen molar-refractivity contribution in [2.75, 3.05) is 32.8 Å². The van der Waals surface area contributed by atoms with Gasteiger partial charge in [-0.2, -0.15) is 0 Å². The topological polar surface area (TPSA) is 59.6 Å². The highest BCUT2D eigenvalue weighted by Gasteiger charge is 2.33. The third-order valence-electron chi connectivity index (χ3n) is 8.07. The molecular formula is C29H32F3N3O2. The summed E-state index contributed by atoms with van der Waals surface area (Å²) >= 11 is 0. The van der Waals surface area contributed by atoms with E-state index in [1.54, 1.807) is 4.90 Å². The largest absolute Gasteiger partial charge is 0.395 e. The second kappa shape index (κ2) is 11.1. The first-order valence-electron chi connectivity index (χ1n) is 13.0. The van der Waals surface area contributed by atoms with Gasteiger partial charge in [-0.25, -0.2) is 13.2 Å². The molecule has 0 bridgehead atoms. The lowest BCUT2D eigenvalue weighted by molar-refractivity contribution is -0.127. The molecule has 2 aliphatic rings. The van der Waals surface area contributed by atoms with E-state index < -0.39 is 17.5 Å². The van der Waals surface area contributed by atoms with Gasteiger partial charge in [-0.3, -0.25) is 9.69 Å². The molecule has 2 fully saturated rings. The SMILES string of the molecule is O=C(C=Cc1cc(F)c(F)c(F)c1)N1CCC([C@@H](CO)N2CCC(c3c[nH]c4ccccc34)CC2)CC1. The number of aromatic amines is 1. The molecule has 5 nitrogen and oxygen atoms in total. The molecular weight excluding hydrogens is 479 g/mol. The van der Waals surface area contributed by atoms with E-state index in [1.165, 1.54) is 28.6 Å². The predicted molar refractivity (Wildman–Crippen MR) is 137 cm³/mol. The molecule has 5 rings (SSSR count). The van der Waals surface area contributed by atoms with Gasteiger partial charge in [-0.05, 0) is 86.0 Å². The fraction of sp³-hybridized carbons (Fsp3) is 0.414. The van der Waals surface area contributed by atoms with Crippen LogP contribution in [0.25, 0.3) is 17.0 Å². The van der Waals surface area contributed by atoms with Crippen molar-refractivity contribution in [2.45, 2.75) is 37.6 Å². The Kier molecular flexibility index (Phi) is 7.67. The third-order valence-corrected chi connectivity index (χ3v) is 8.07. The number of H-pyrrole nitrogens is 1. The van der Waals surface area contributed by atoms with Crippen molar-refractivity contribution >= 4 is 22.9 Å². The van der Waals surface area contributed by atoms with E-state index >= 15 is 0 Å². The molecule has 196 valence electrons. The van der Waals surface area contributed by atoms with Crippen molar-refractivity contribution < 1.29 is 23.1 Å². The van der Waals surface area contributed by atoms with Crippen molar-refractivity contribution in [3.05, 3.63) is 77.2 Å². The highest BCUT2D eigenvalue weighted by Crippen LogP contribution is 2.35. The number of halogens is 3. The summed E-state index contributed by atoms with van der Waals surface area (Å²) in [6.07, 6.45) is 8.37. The van der Waals surface area contributed by atoms with Crippen LogP contribution in [0, 0.1) is 23.4 Å². The summed E-state index contributed by atoms with van der Waals surface area (Å²) in [5, 5.41) is 11.5. The van der Waals surface area contributed by atoms with Crippen LogP contribution in [0.4, 0.5) is 13.2 Å². The number of hydrogen-bond acceptors (Lipinski definition) is 3. The lowest BCUT2D eigenvalue weighted by Gasteiger charge is -2.43. The molecule has 1 amide bonds. The Hall–Kier alpha value is -3.10. The Labute approximate surface area is 214 Å². The van der Waals surface area contributed by atoms with E-state index in [4.69, 9.17) is 0 Å². The van der Waals surface area contributed by atoms with Crippen molar-refractivity contribution in [3.63, 3.8) is 0 Å². The Morgan fingerprint density at radius 3 is 2.38 bits per heavy atom. The Morgan fingerprint density at radius 1 is 1.03 bits per heavy atom. The summed E-state index contributed by atoms with van der Waals surface area (Å²) in [5.74, 6) is -3.54. The molecule has 2 aliphatic heterocycles. The molecule has 0 saturated carbocycles. The number of hydrogen-bond donors (Lipinski definition) is 2. The number of para-hydroxylation sites is 1. The quantitative estimate of drug-likeness (QED) is 0.359. The standard InChI is InChI=1S/C29H32F3N3O2/c30-24-15-19(16-25(31)29(24)32)5-6-28(37)35-13-9-21(10-14-35)27(18-36)34-11-7-20(8-12-34)23-17-33-26-4-2-1-3-22(23)26/h1-6,15-17,20-21,27,33,36H,7-14,18H2/t27-/m1/s1. The number of piperidine rings is 2. The van der Waals surface area contributed by atoms with Crippen LogP contribution in [-0.4, -0.2) is 64.6 Å². The van der Waals surface area contributed by atoms with Gasteiger partial charge in [0.15, 0.2) is 17.5 Å². The first-order chi connectivity index (χ1) is 17.9. The molecule has 1 atom stereocenters. The highest BCUT2D eigenvalue weighted by atomic mass is 19.2. The minimum Gasteiger partial charge on any atom is -0.395 e. The summed E-state index contributed by atoms with van der Waals surface area (Å²) in [4.78, 5) is 20.1. The first-order valence-corrected chi connectivity index (χ1v) is 13.0. The number of carbonyl (C=O) groups is 1. The fourth-order valence-corrected chi connectivity index (χ4v) is 5.99. The zero-order valence-electron chi connectivity index (χ0n) is 20.7. The molecule has 0 unspecified atom stereocenters. The number of likely N-dealkylation sites (tertiary alicyclic amines) is 2. The van der Waals surface area contributed by atoms with E-state index in [0.717, 1.165) is 50.9 Å². The van der Waals surface area contributed by atoms with Crippen LogP contribution in [-0.2, 0) is 4.79 Å². The zero-order valence-corrected chi connectivity index (χ0v) is 20.7. The summed E-state index contributed by atoms with van der Waals surface area (Å²) in [6.45, 7) is 3.08. The zero-order chi connectivity index (χ0) is 25.9. The van der Waals surface area contributed by atoms with Crippen LogP contribution in [0.15, 0.2) is 48.7 Å². The molecule has 2 saturated heterocycles. The fourth-order valence-electron chi connectivity index (χ4n) is 5.99. The predicted octanol–water partition coefficient (Wildman–Crippen LogP) is 5.08. The molecule has 3 aromatic rings. The number of aliphatic hydroxyl groups excluding tert-OH is 1. The summed E-state index contributed by atoms with van der Waals surface area (Å²) in [5.41, 5.74) is 2.64. The van der Waals surface area contributed by atoms with Crippen molar-refractivity contribution in [3.8, 4) is 0 Å². The summed E-state index contributed by atoms with van der Waals surface area (Å²) in [7, 11) is 0. The lowest BCUT2D eigenvalue weighted by atomic mass is 9.84. The van der Waals surface area contributed by atoms with Crippen LogP contribution >= 0.6 is 0 Å². The van der Waals surface area contributed by atoms with Crippen LogP contribution in [0.5, 0.6) is 0 Å². The maximum atomic E-state index is 13.4. The van der Waals surface area contributed by atoms with Crippen molar-refractivity contribution in [2.24, 2.45) is 5.92 Å². The van der Waals surface area contributed by atoms with E-state index in [2.05, 4.69) is 34.3 Å². The first kappa shape index (κ1) is 25.5. The van der Waals surface area contributed by atoms with Gasteiger partial charge in [0.05, 0.1) is 6.61 Å². The molecule has 2 N–H and O–H groups in total. The molecule has 1 aromatic heterocycles. The Morgan fingerprint density at radius 2 is 1.70 bits per heavy atom. The van der Waals surface area contributed by atoms with Crippen LogP contribution < -0.4 is 0 Å². The minimum atomic E-state index is -1.52. The van der Waals surface area contributed by atoms with Gasteiger partial charge in [0, 0.05) is 42.3 Å². The average molecular weight is 512 g/mol. The maximum Gasteiger partial charge on any atom is 0.246 e. The van der Waals surface area contributed by atoms with Gasteiger partial charge in [-0.15, -0.1) is 0 Å². The number of benzene rings is 2. The number of amides is 1. The molecule has 8 heteroatoms. The minimum absolute atomic E-state index is 0.0712. The smallest absolute Gasteiger partial charge is 0.246 e. The van der Waals surface area contributed by atoms with Crippen molar-refractivity contribution in [1.82, 2.24) is 14.8 Å². The normalized spacial score (nSPS) is 19.2. The number of aromatic nitrogens is 1. The summed E-state index contributed by atoms with van der Waals surface area (Å²) in [6, 6.07) is 10.2. The molecule has 3 heterocycles. The number of fused-ring (bicyclic) bond motifs is 1.